The number of carbonyl (C=O) groups excluding carboxylic acids is 1. The lowest BCUT2D eigenvalue weighted by Crippen LogP contribution is -2.29. The molecule has 0 heterocycles. The SMILES string of the molecule is CCN(CC)CCCCCNC(=O)Nc1ccc(Cl)c(Cl)c1. The van der Waals surface area contributed by atoms with Crippen LogP contribution in [0.2, 0.25) is 10.0 Å². The summed E-state index contributed by atoms with van der Waals surface area (Å²) in [4.78, 5) is 14.1. The molecule has 4 nitrogen and oxygen atoms in total. The van der Waals surface area contributed by atoms with Crippen LogP contribution in [0.5, 0.6) is 0 Å². The van der Waals surface area contributed by atoms with Gasteiger partial charge in [-0.05, 0) is 50.7 Å². The van der Waals surface area contributed by atoms with Crippen molar-refractivity contribution in [3.63, 3.8) is 0 Å². The fraction of sp³-hybridized carbons (Fsp3) is 0.562. The smallest absolute Gasteiger partial charge is 0.319 e. The first kappa shape index (κ1) is 19.1. The third kappa shape index (κ3) is 7.34. The van der Waals surface area contributed by atoms with Crippen molar-refractivity contribution in [3.8, 4) is 0 Å². The second kappa shape index (κ2) is 10.7. The number of hydrogen-bond acceptors (Lipinski definition) is 2. The third-order valence-corrected chi connectivity index (χ3v) is 4.25. The summed E-state index contributed by atoms with van der Waals surface area (Å²) >= 11 is 11.7. The van der Waals surface area contributed by atoms with E-state index >= 15 is 0 Å². The van der Waals surface area contributed by atoms with Crippen molar-refractivity contribution in [2.45, 2.75) is 33.1 Å². The van der Waals surface area contributed by atoms with Gasteiger partial charge in [0, 0.05) is 12.2 Å². The number of amides is 2. The number of halogens is 2. The highest BCUT2D eigenvalue weighted by Crippen LogP contribution is 2.24. The summed E-state index contributed by atoms with van der Waals surface area (Å²) in [6.45, 7) is 8.35. The number of nitrogens with one attached hydrogen (secondary N) is 2. The molecule has 0 atom stereocenters. The molecule has 0 aliphatic carbocycles. The Hall–Kier alpha value is -0.970. The Morgan fingerprint density at radius 2 is 1.82 bits per heavy atom. The van der Waals surface area contributed by atoms with E-state index in [0.717, 1.165) is 38.9 Å². The summed E-state index contributed by atoms with van der Waals surface area (Å²) < 4.78 is 0. The monoisotopic (exact) mass is 345 g/mol. The summed E-state index contributed by atoms with van der Waals surface area (Å²) in [7, 11) is 0. The van der Waals surface area contributed by atoms with Crippen molar-refractivity contribution < 1.29 is 4.79 Å². The Morgan fingerprint density at radius 1 is 1.09 bits per heavy atom. The van der Waals surface area contributed by atoms with Gasteiger partial charge in [0.05, 0.1) is 10.0 Å². The summed E-state index contributed by atoms with van der Waals surface area (Å²) in [6, 6.07) is 4.79. The van der Waals surface area contributed by atoms with E-state index in [-0.39, 0.29) is 6.03 Å². The number of benzene rings is 1. The van der Waals surface area contributed by atoms with Gasteiger partial charge < -0.3 is 15.5 Å². The van der Waals surface area contributed by atoms with Gasteiger partial charge in [0.15, 0.2) is 0 Å². The predicted octanol–water partition coefficient (Wildman–Crippen LogP) is 4.63. The number of carbonyl (C=O) groups is 1. The first-order chi connectivity index (χ1) is 10.6. The zero-order valence-electron chi connectivity index (χ0n) is 13.3. The normalized spacial score (nSPS) is 10.8. The molecular formula is C16H25Cl2N3O. The molecule has 0 unspecified atom stereocenters. The van der Waals surface area contributed by atoms with Crippen molar-refractivity contribution in [1.29, 1.82) is 0 Å². The van der Waals surface area contributed by atoms with Crippen molar-refractivity contribution in [2.24, 2.45) is 0 Å². The maximum Gasteiger partial charge on any atom is 0.319 e. The fourth-order valence-electron chi connectivity index (χ4n) is 2.13. The molecule has 2 amide bonds. The Morgan fingerprint density at radius 3 is 2.45 bits per heavy atom. The minimum Gasteiger partial charge on any atom is -0.338 e. The van der Waals surface area contributed by atoms with Crippen LogP contribution >= 0.6 is 23.2 Å². The molecule has 1 rings (SSSR count). The van der Waals surface area contributed by atoms with Crippen LogP contribution < -0.4 is 10.6 Å². The van der Waals surface area contributed by atoms with Crippen LogP contribution in [0.3, 0.4) is 0 Å². The molecule has 0 saturated carbocycles. The number of hydrogen-bond donors (Lipinski definition) is 2. The highest BCUT2D eigenvalue weighted by molar-refractivity contribution is 6.42. The zero-order chi connectivity index (χ0) is 16.4. The number of anilines is 1. The molecule has 1 aromatic carbocycles. The van der Waals surface area contributed by atoms with Crippen molar-refractivity contribution >= 4 is 34.9 Å². The molecule has 0 aromatic heterocycles. The van der Waals surface area contributed by atoms with Crippen molar-refractivity contribution in [1.82, 2.24) is 10.2 Å². The fourth-order valence-corrected chi connectivity index (χ4v) is 2.43. The summed E-state index contributed by atoms with van der Waals surface area (Å²) in [6.07, 6.45) is 3.26. The van der Waals surface area contributed by atoms with Crippen molar-refractivity contribution in [2.75, 3.05) is 31.5 Å². The van der Waals surface area contributed by atoms with Gasteiger partial charge in [-0.1, -0.05) is 43.5 Å². The van der Waals surface area contributed by atoms with Gasteiger partial charge in [-0.3, -0.25) is 0 Å². The largest absolute Gasteiger partial charge is 0.338 e. The van der Waals surface area contributed by atoms with Crippen LogP contribution in [-0.2, 0) is 0 Å². The molecule has 2 N–H and O–H groups in total. The van der Waals surface area contributed by atoms with Gasteiger partial charge in [0.2, 0.25) is 0 Å². The first-order valence-electron chi connectivity index (χ1n) is 7.79. The number of unbranched alkanes of at least 4 members (excludes halogenated alkanes) is 2. The van der Waals surface area contributed by atoms with Gasteiger partial charge in [0.25, 0.3) is 0 Å². The first-order valence-corrected chi connectivity index (χ1v) is 8.54. The Bertz CT molecular complexity index is 465. The van der Waals surface area contributed by atoms with E-state index in [4.69, 9.17) is 23.2 Å². The van der Waals surface area contributed by atoms with Crippen LogP contribution in [-0.4, -0.2) is 37.1 Å². The lowest BCUT2D eigenvalue weighted by molar-refractivity contribution is 0.251. The topological polar surface area (TPSA) is 44.4 Å². The second-order valence-corrected chi connectivity index (χ2v) is 5.91. The van der Waals surface area contributed by atoms with Gasteiger partial charge in [0.1, 0.15) is 0 Å². The molecule has 0 bridgehead atoms. The lowest BCUT2D eigenvalue weighted by atomic mass is 10.2. The van der Waals surface area contributed by atoms with Gasteiger partial charge >= 0.3 is 6.03 Å². The number of rotatable bonds is 9. The Balaban J connectivity index is 2.14. The quantitative estimate of drug-likeness (QED) is 0.641. The van der Waals surface area contributed by atoms with E-state index in [0.29, 0.717) is 22.3 Å². The summed E-state index contributed by atoms with van der Waals surface area (Å²) in [5.74, 6) is 0. The maximum absolute atomic E-state index is 11.7. The molecule has 0 spiro atoms. The van der Waals surface area contributed by atoms with E-state index < -0.39 is 0 Å². The van der Waals surface area contributed by atoms with Gasteiger partial charge in [-0.15, -0.1) is 0 Å². The van der Waals surface area contributed by atoms with Crippen LogP contribution in [0.15, 0.2) is 18.2 Å². The molecule has 22 heavy (non-hydrogen) atoms. The molecule has 6 heteroatoms. The van der Waals surface area contributed by atoms with Crippen LogP contribution in [0.1, 0.15) is 33.1 Å². The van der Waals surface area contributed by atoms with E-state index in [2.05, 4.69) is 29.4 Å². The molecular weight excluding hydrogens is 321 g/mol. The molecule has 0 radical (unpaired) electrons. The highest BCUT2D eigenvalue weighted by atomic mass is 35.5. The van der Waals surface area contributed by atoms with Gasteiger partial charge in [-0.2, -0.15) is 0 Å². The van der Waals surface area contributed by atoms with E-state index in [1.165, 1.54) is 0 Å². The van der Waals surface area contributed by atoms with Crippen molar-refractivity contribution in [3.05, 3.63) is 28.2 Å². The third-order valence-electron chi connectivity index (χ3n) is 3.51. The second-order valence-electron chi connectivity index (χ2n) is 5.10. The minimum atomic E-state index is -0.220. The Kier molecular flexibility index (Phi) is 9.28. The molecule has 0 fully saturated rings. The molecule has 0 saturated heterocycles. The average Bonchev–Trinajstić information content (AvgIpc) is 2.50. The molecule has 0 aliphatic rings. The predicted molar refractivity (Wildman–Crippen MR) is 95.1 cm³/mol. The minimum absolute atomic E-state index is 0.220. The lowest BCUT2D eigenvalue weighted by Gasteiger charge is -2.17. The van der Waals surface area contributed by atoms with Gasteiger partial charge in [-0.25, -0.2) is 4.79 Å². The van der Waals surface area contributed by atoms with E-state index in [1.807, 2.05) is 0 Å². The molecule has 1 aromatic rings. The zero-order valence-corrected chi connectivity index (χ0v) is 14.8. The molecule has 124 valence electrons. The van der Waals surface area contributed by atoms with E-state index in [9.17, 15) is 4.79 Å². The summed E-state index contributed by atoms with van der Waals surface area (Å²) in [5.41, 5.74) is 0.633. The Labute approximate surface area is 143 Å². The standard InChI is InChI=1S/C16H25Cl2N3O/c1-3-21(4-2)11-7-5-6-10-19-16(22)20-13-8-9-14(17)15(18)12-13/h8-9,12H,3-7,10-11H2,1-2H3,(H2,19,20,22). The maximum atomic E-state index is 11.7. The molecule has 0 aliphatic heterocycles. The summed E-state index contributed by atoms with van der Waals surface area (Å²) in [5, 5.41) is 6.48. The average molecular weight is 346 g/mol. The van der Waals surface area contributed by atoms with Crippen LogP contribution in [0, 0.1) is 0 Å². The number of nitrogens with zero attached hydrogens (tertiary/aromatic N) is 1. The van der Waals surface area contributed by atoms with Crippen LogP contribution in [0.4, 0.5) is 10.5 Å². The van der Waals surface area contributed by atoms with E-state index in [1.54, 1.807) is 18.2 Å². The highest BCUT2D eigenvalue weighted by Gasteiger charge is 2.04. The van der Waals surface area contributed by atoms with Crippen LogP contribution in [0.25, 0.3) is 0 Å². The number of urea groups is 1.